The van der Waals surface area contributed by atoms with Gasteiger partial charge in [-0.15, -0.1) is 11.8 Å². The normalized spacial score (nSPS) is 10.7. The third-order valence-electron chi connectivity index (χ3n) is 3.45. The number of ketones is 1. The van der Waals surface area contributed by atoms with Crippen molar-refractivity contribution < 1.29 is 4.79 Å². The molecule has 0 radical (unpaired) electrons. The molecule has 0 amide bonds. The van der Waals surface area contributed by atoms with Crippen molar-refractivity contribution in [2.45, 2.75) is 32.2 Å². The van der Waals surface area contributed by atoms with Gasteiger partial charge in [-0.3, -0.25) is 9.48 Å². The van der Waals surface area contributed by atoms with Crippen molar-refractivity contribution in [2.75, 3.05) is 6.26 Å². The molecule has 19 heavy (non-hydrogen) atoms. The van der Waals surface area contributed by atoms with Gasteiger partial charge >= 0.3 is 0 Å². The van der Waals surface area contributed by atoms with E-state index in [1.807, 2.05) is 51.3 Å². The molecule has 0 aliphatic carbocycles. The predicted octanol–water partition coefficient (Wildman–Crippen LogP) is 3.41. The van der Waals surface area contributed by atoms with E-state index in [0.29, 0.717) is 6.54 Å². The van der Waals surface area contributed by atoms with E-state index in [-0.39, 0.29) is 5.78 Å². The van der Waals surface area contributed by atoms with E-state index in [0.717, 1.165) is 22.5 Å². The van der Waals surface area contributed by atoms with Gasteiger partial charge < -0.3 is 0 Å². The average Bonchev–Trinajstić information content (AvgIpc) is 2.66. The van der Waals surface area contributed by atoms with Crippen molar-refractivity contribution in [3.8, 4) is 0 Å². The summed E-state index contributed by atoms with van der Waals surface area (Å²) in [4.78, 5) is 13.4. The fourth-order valence-corrected chi connectivity index (χ4v) is 2.35. The molecule has 0 aliphatic heterocycles. The van der Waals surface area contributed by atoms with Crippen LogP contribution in [0.25, 0.3) is 0 Å². The first-order valence-electron chi connectivity index (χ1n) is 6.20. The van der Waals surface area contributed by atoms with Crippen LogP contribution < -0.4 is 0 Å². The minimum Gasteiger partial charge on any atom is -0.292 e. The van der Waals surface area contributed by atoms with E-state index in [1.54, 1.807) is 16.4 Å². The lowest BCUT2D eigenvalue weighted by molar-refractivity contribution is 0.0966. The molecule has 3 nitrogen and oxygen atoms in total. The third-order valence-corrected chi connectivity index (χ3v) is 4.19. The van der Waals surface area contributed by atoms with E-state index >= 15 is 0 Å². The number of carbonyl (C=O) groups is 1. The Morgan fingerprint density at radius 2 is 1.84 bits per heavy atom. The molecule has 0 saturated carbocycles. The van der Waals surface area contributed by atoms with Crippen LogP contribution in [0.2, 0.25) is 0 Å². The predicted molar refractivity (Wildman–Crippen MR) is 79.0 cm³/mol. The summed E-state index contributed by atoms with van der Waals surface area (Å²) in [7, 11) is 0. The molecule has 0 unspecified atom stereocenters. The van der Waals surface area contributed by atoms with E-state index in [9.17, 15) is 4.79 Å². The Morgan fingerprint density at radius 3 is 2.32 bits per heavy atom. The van der Waals surface area contributed by atoms with Crippen molar-refractivity contribution in [3.63, 3.8) is 0 Å². The highest BCUT2D eigenvalue weighted by molar-refractivity contribution is 7.98. The van der Waals surface area contributed by atoms with Crippen LogP contribution in [0.1, 0.15) is 27.3 Å². The van der Waals surface area contributed by atoms with Gasteiger partial charge in [0.1, 0.15) is 6.54 Å². The largest absolute Gasteiger partial charge is 0.292 e. The number of hydrogen-bond donors (Lipinski definition) is 0. The molecule has 2 aromatic rings. The van der Waals surface area contributed by atoms with Gasteiger partial charge in [-0.2, -0.15) is 5.10 Å². The first-order valence-corrected chi connectivity index (χ1v) is 7.43. The first kappa shape index (κ1) is 13.9. The van der Waals surface area contributed by atoms with Crippen LogP contribution in [0, 0.1) is 20.8 Å². The molecule has 1 aromatic heterocycles. The second-order valence-corrected chi connectivity index (χ2v) is 5.48. The van der Waals surface area contributed by atoms with Crippen LogP contribution in [-0.2, 0) is 6.54 Å². The summed E-state index contributed by atoms with van der Waals surface area (Å²) in [5.41, 5.74) is 3.95. The van der Waals surface area contributed by atoms with Gasteiger partial charge in [0.15, 0.2) is 5.78 Å². The molecule has 0 saturated heterocycles. The van der Waals surface area contributed by atoms with Gasteiger partial charge in [-0.1, -0.05) is 12.1 Å². The average molecular weight is 274 g/mol. The fourth-order valence-electron chi connectivity index (χ4n) is 1.94. The van der Waals surface area contributed by atoms with E-state index < -0.39 is 0 Å². The van der Waals surface area contributed by atoms with Crippen LogP contribution in [0.15, 0.2) is 29.2 Å². The number of rotatable bonds is 4. The highest BCUT2D eigenvalue weighted by Crippen LogP contribution is 2.16. The lowest BCUT2D eigenvalue weighted by Gasteiger charge is -2.05. The minimum atomic E-state index is 0.0956. The van der Waals surface area contributed by atoms with Crippen LogP contribution >= 0.6 is 11.8 Å². The molecule has 0 spiro atoms. The maximum absolute atomic E-state index is 12.2. The summed E-state index contributed by atoms with van der Waals surface area (Å²) in [6.45, 7) is 6.31. The number of benzene rings is 1. The topological polar surface area (TPSA) is 34.9 Å². The zero-order valence-electron chi connectivity index (χ0n) is 11.7. The lowest BCUT2D eigenvalue weighted by Crippen LogP contribution is -2.13. The maximum atomic E-state index is 12.2. The molecule has 0 bridgehead atoms. The number of aryl methyl sites for hydroxylation is 1. The quantitative estimate of drug-likeness (QED) is 0.633. The molecule has 0 fully saturated rings. The third kappa shape index (κ3) is 2.89. The van der Waals surface area contributed by atoms with Crippen LogP contribution in [0.4, 0.5) is 0 Å². The van der Waals surface area contributed by atoms with Gasteiger partial charge in [0, 0.05) is 16.2 Å². The van der Waals surface area contributed by atoms with E-state index in [2.05, 4.69) is 5.10 Å². The smallest absolute Gasteiger partial charge is 0.184 e. The van der Waals surface area contributed by atoms with Crippen molar-refractivity contribution in [1.29, 1.82) is 0 Å². The minimum absolute atomic E-state index is 0.0956. The second kappa shape index (κ2) is 5.61. The molecule has 1 aromatic carbocycles. The number of nitrogens with zero attached hydrogens (tertiary/aromatic N) is 2. The standard InChI is InChI=1S/C15H18N2OS/c1-10-11(2)16-17(12(10)3)9-15(18)13-5-7-14(19-4)8-6-13/h5-8H,9H2,1-4H3. The molecule has 0 aliphatic rings. The summed E-state index contributed by atoms with van der Waals surface area (Å²) < 4.78 is 1.79. The number of thioether (sulfide) groups is 1. The number of hydrogen-bond acceptors (Lipinski definition) is 3. The monoisotopic (exact) mass is 274 g/mol. The number of Topliss-reactive ketones (excluding diaryl/α,β-unsaturated/α-hetero) is 1. The number of aromatic nitrogens is 2. The first-order chi connectivity index (χ1) is 9.02. The molecular weight excluding hydrogens is 256 g/mol. The zero-order chi connectivity index (χ0) is 14.0. The fraction of sp³-hybridized carbons (Fsp3) is 0.333. The van der Waals surface area contributed by atoms with Gasteiger partial charge in [-0.25, -0.2) is 0 Å². The van der Waals surface area contributed by atoms with Gasteiger partial charge in [0.2, 0.25) is 0 Å². The highest BCUT2D eigenvalue weighted by Gasteiger charge is 2.12. The second-order valence-electron chi connectivity index (χ2n) is 4.61. The van der Waals surface area contributed by atoms with E-state index in [1.165, 1.54) is 4.90 Å². The molecule has 0 atom stereocenters. The Kier molecular flexibility index (Phi) is 4.10. The highest BCUT2D eigenvalue weighted by atomic mass is 32.2. The Labute approximate surface area is 118 Å². The summed E-state index contributed by atoms with van der Waals surface area (Å²) in [6, 6.07) is 7.72. The zero-order valence-corrected chi connectivity index (χ0v) is 12.5. The van der Waals surface area contributed by atoms with Crippen molar-refractivity contribution in [2.24, 2.45) is 0 Å². The SMILES string of the molecule is CSc1ccc(C(=O)Cn2nc(C)c(C)c2C)cc1. The molecule has 0 N–H and O–H groups in total. The molecule has 1 heterocycles. The number of carbonyl (C=O) groups excluding carboxylic acids is 1. The summed E-state index contributed by atoms with van der Waals surface area (Å²) in [6.07, 6.45) is 2.02. The Bertz CT molecular complexity index is 599. The Balaban J connectivity index is 2.18. The summed E-state index contributed by atoms with van der Waals surface area (Å²) >= 11 is 1.67. The van der Waals surface area contributed by atoms with Crippen molar-refractivity contribution >= 4 is 17.5 Å². The van der Waals surface area contributed by atoms with Crippen LogP contribution in [-0.4, -0.2) is 21.8 Å². The molecule has 100 valence electrons. The van der Waals surface area contributed by atoms with E-state index in [4.69, 9.17) is 0 Å². The summed E-state index contributed by atoms with van der Waals surface area (Å²) in [5.74, 6) is 0.0956. The van der Waals surface area contributed by atoms with Crippen LogP contribution in [0.3, 0.4) is 0 Å². The Morgan fingerprint density at radius 1 is 1.21 bits per heavy atom. The van der Waals surface area contributed by atoms with Crippen LogP contribution in [0.5, 0.6) is 0 Å². The van der Waals surface area contributed by atoms with Gasteiger partial charge in [0.05, 0.1) is 5.69 Å². The molecule has 2 rings (SSSR count). The Hall–Kier alpha value is -1.55. The van der Waals surface area contributed by atoms with Gasteiger partial charge in [-0.05, 0) is 44.7 Å². The molecular formula is C15H18N2OS. The summed E-state index contributed by atoms with van der Waals surface area (Å²) in [5, 5.41) is 4.40. The molecule has 4 heteroatoms. The van der Waals surface area contributed by atoms with Crippen molar-refractivity contribution in [1.82, 2.24) is 9.78 Å². The lowest BCUT2D eigenvalue weighted by atomic mass is 10.1. The van der Waals surface area contributed by atoms with Gasteiger partial charge in [0.25, 0.3) is 0 Å². The van der Waals surface area contributed by atoms with Crippen molar-refractivity contribution in [3.05, 3.63) is 46.8 Å². The maximum Gasteiger partial charge on any atom is 0.184 e.